The van der Waals surface area contributed by atoms with Gasteiger partial charge in [-0.15, -0.1) is 24.0 Å². The highest BCUT2D eigenvalue weighted by molar-refractivity contribution is 14.0. The molecule has 2 aliphatic rings. The van der Waals surface area contributed by atoms with Crippen LogP contribution in [0.3, 0.4) is 0 Å². The first kappa shape index (κ1) is 19.5. The number of likely N-dealkylation sites (tertiary alicyclic amines) is 1. The van der Waals surface area contributed by atoms with E-state index < -0.39 is 0 Å². The smallest absolute Gasteiger partial charge is 0.191 e. The van der Waals surface area contributed by atoms with E-state index in [0.717, 1.165) is 12.5 Å². The van der Waals surface area contributed by atoms with Crippen molar-refractivity contribution in [2.45, 2.75) is 51.7 Å². The van der Waals surface area contributed by atoms with Crippen LogP contribution in [0.4, 0.5) is 0 Å². The second-order valence-corrected chi connectivity index (χ2v) is 7.32. The van der Waals surface area contributed by atoms with Crippen LogP contribution in [0.5, 0.6) is 0 Å². The molecule has 0 aromatic heterocycles. The summed E-state index contributed by atoms with van der Waals surface area (Å²) in [6.07, 6.45) is 5.21. The normalized spacial score (nSPS) is 22.1. The molecule has 1 aliphatic heterocycles. The Morgan fingerprint density at radius 1 is 1.21 bits per heavy atom. The van der Waals surface area contributed by atoms with E-state index in [4.69, 9.17) is 5.73 Å². The number of hydrogen-bond donors (Lipinski definition) is 1. The zero-order chi connectivity index (χ0) is 16.2. The average molecular weight is 442 g/mol. The quantitative estimate of drug-likeness (QED) is 0.432. The van der Waals surface area contributed by atoms with Crippen LogP contribution < -0.4 is 5.73 Å². The molecule has 1 aromatic rings. The minimum Gasteiger partial charge on any atom is -0.370 e. The lowest BCUT2D eigenvalue weighted by Gasteiger charge is -2.30. The summed E-state index contributed by atoms with van der Waals surface area (Å²) < 4.78 is 0. The maximum absolute atomic E-state index is 6.04. The molecule has 0 bridgehead atoms. The van der Waals surface area contributed by atoms with Crippen molar-refractivity contribution in [2.24, 2.45) is 16.6 Å². The van der Waals surface area contributed by atoms with Crippen LogP contribution in [0.2, 0.25) is 0 Å². The Morgan fingerprint density at radius 2 is 1.88 bits per heavy atom. The van der Waals surface area contributed by atoms with Crippen molar-refractivity contribution in [1.29, 1.82) is 0 Å². The van der Waals surface area contributed by atoms with Crippen molar-refractivity contribution in [1.82, 2.24) is 9.80 Å². The van der Waals surface area contributed by atoms with Gasteiger partial charge in [0.2, 0.25) is 0 Å². The van der Waals surface area contributed by atoms with Crippen LogP contribution >= 0.6 is 24.0 Å². The SMILES string of the molecule is CC1CCCN(Cc2ccc(CN=C(N)N(C)C3CC3)cc2)C1.I. The van der Waals surface area contributed by atoms with E-state index in [2.05, 4.69) is 46.0 Å². The first-order valence-electron chi connectivity index (χ1n) is 8.95. The molecule has 2 fully saturated rings. The number of piperidine rings is 1. The van der Waals surface area contributed by atoms with Crippen LogP contribution in [0, 0.1) is 5.92 Å². The predicted molar refractivity (Wildman–Crippen MR) is 112 cm³/mol. The van der Waals surface area contributed by atoms with Gasteiger partial charge in [-0.3, -0.25) is 4.90 Å². The van der Waals surface area contributed by atoms with Crippen LogP contribution in [0.25, 0.3) is 0 Å². The van der Waals surface area contributed by atoms with E-state index in [1.54, 1.807) is 0 Å². The molecule has 0 radical (unpaired) electrons. The molecule has 1 saturated carbocycles. The van der Waals surface area contributed by atoms with Crippen molar-refractivity contribution in [3.8, 4) is 0 Å². The average Bonchev–Trinajstić information content (AvgIpc) is 3.38. The molecule has 1 unspecified atom stereocenters. The summed E-state index contributed by atoms with van der Waals surface area (Å²) in [5.41, 5.74) is 8.67. The highest BCUT2D eigenvalue weighted by Gasteiger charge is 2.27. The van der Waals surface area contributed by atoms with Gasteiger partial charge in [0.05, 0.1) is 6.54 Å². The van der Waals surface area contributed by atoms with Gasteiger partial charge in [-0.2, -0.15) is 0 Å². The second-order valence-electron chi connectivity index (χ2n) is 7.32. The number of guanidine groups is 1. The monoisotopic (exact) mass is 442 g/mol. The van der Waals surface area contributed by atoms with Gasteiger partial charge in [0.1, 0.15) is 0 Å². The van der Waals surface area contributed by atoms with Gasteiger partial charge < -0.3 is 10.6 Å². The van der Waals surface area contributed by atoms with Gasteiger partial charge >= 0.3 is 0 Å². The Hall–Kier alpha value is -0.820. The largest absolute Gasteiger partial charge is 0.370 e. The van der Waals surface area contributed by atoms with Crippen LogP contribution in [0.15, 0.2) is 29.3 Å². The topological polar surface area (TPSA) is 44.9 Å². The van der Waals surface area contributed by atoms with Crippen LogP contribution in [0.1, 0.15) is 43.7 Å². The Bertz CT molecular complexity index is 539. The van der Waals surface area contributed by atoms with Gasteiger partial charge in [0.25, 0.3) is 0 Å². The molecule has 134 valence electrons. The highest BCUT2D eigenvalue weighted by Crippen LogP contribution is 2.25. The predicted octanol–water partition coefficient (Wildman–Crippen LogP) is 3.45. The molecule has 3 rings (SSSR count). The first-order chi connectivity index (χ1) is 11.1. The molecule has 2 N–H and O–H groups in total. The van der Waals surface area contributed by atoms with Crippen molar-refractivity contribution < 1.29 is 0 Å². The van der Waals surface area contributed by atoms with E-state index in [1.807, 2.05) is 7.05 Å². The fourth-order valence-electron chi connectivity index (χ4n) is 3.37. The zero-order valence-corrected chi connectivity index (χ0v) is 17.3. The van der Waals surface area contributed by atoms with Gasteiger partial charge in [-0.05, 0) is 49.3 Å². The van der Waals surface area contributed by atoms with E-state index in [-0.39, 0.29) is 24.0 Å². The van der Waals surface area contributed by atoms with Crippen molar-refractivity contribution in [3.05, 3.63) is 35.4 Å². The van der Waals surface area contributed by atoms with E-state index >= 15 is 0 Å². The molecule has 1 atom stereocenters. The minimum atomic E-state index is 0. The van der Waals surface area contributed by atoms with Gasteiger partial charge in [0, 0.05) is 26.2 Å². The molecule has 24 heavy (non-hydrogen) atoms. The number of rotatable bonds is 5. The Balaban J connectivity index is 0.00000208. The van der Waals surface area contributed by atoms with E-state index in [0.29, 0.717) is 18.5 Å². The zero-order valence-electron chi connectivity index (χ0n) is 14.9. The van der Waals surface area contributed by atoms with Crippen molar-refractivity contribution in [2.75, 3.05) is 20.1 Å². The fourth-order valence-corrected chi connectivity index (χ4v) is 3.37. The molecule has 1 aromatic carbocycles. The highest BCUT2D eigenvalue weighted by atomic mass is 127. The van der Waals surface area contributed by atoms with E-state index in [1.165, 1.54) is 49.9 Å². The lowest BCUT2D eigenvalue weighted by Crippen LogP contribution is -2.35. The molecular weight excluding hydrogens is 411 g/mol. The summed E-state index contributed by atoms with van der Waals surface area (Å²) >= 11 is 0. The van der Waals surface area contributed by atoms with Crippen LogP contribution in [-0.2, 0) is 13.1 Å². The lowest BCUT2D eigenvalue weighted by molar-refractivity contribution is 0.176. The summed E-state index contributed by atoms with van der Waals surface area (Å²) in [7, 11) is 2.04. The van der Waals surface area contributed by atoms with Crippen molar-refractivity contribution in [3.63, 3.8) is 0 Å². The maximum atomic E-state index is 6.04. The summed E-state index contributed by atoms with van der Waals surface area (Å²) in [5, 5.41) is 0. The Kier molecular flexibility index (Phi) is 7.34. The number of aliphatic imine (C=N–C) groups is 1. The molecule has 5 heteroatoms. The number of benzene rings is 1. The molecule has 4 nitrogen and oxygen atoms in total. The second kappa shape index (κ2) is 9.04. The third kappa shape index (κ3) is 5.62. The molecule has 1 heterocycles. The number of nitrogens with two attached hydrogens (primary N) is 1. The van der Waals surface area contributed by atoms with Crippen LogP contribution in [-0.4, -0.2) is 41.9 Å². The standard InChI is InChI=1S/C19H30N4.HI/c1-15-4-3-11-23(13-15)14-17-7-5-16(6-8-17)12-21-19(20)22(2)18-9-10-18;/h5-8,15,18H,3-4,9-14H2,1-2H3,(H2,20,21);1H. The van der Waals surface area contributed by atoms with Gasteiger partial charge in [-0.25, -0.2) is 4.99 Å². The summed E-state index contributed by atoms with van der Waals surface area (Å²) in [6.45, 7) is 6.57. The van der Waals surface area contributed by atoms with Gasteiger partial charge in [0.15, 0.2) is 5.96 Å². The summed E-state index contributed by atoms with van der Waals surface area (Å²) in [6, 6.07) is 9.48. The van der Waals surface area contributed by atoms with Crippen molar-refractivity contribution >= 4 is 29.9 Å². The summed E-state index contributed by atoms with van der Waals surface area (Å²) in [4.78, 5) is 9.20. The fraction of sp³-hybridized carbons (Fsp3) is 0.632. The Labute approximate surface area is 163 Å². The lowest BCUT2D eigenvalue weighted by atomic mass is 9.99. The number of nitrogens with zero attached hydrogens (tertiary/aromatic N) is 3. The molecule has 1 aliphatic carbocycles. The molecular formula is C19H31IN4. The third-order valence-corrected chi connectivity index (χ3v) is 5.05. The molecule has 0 spiro atoms. The number of hydrogen-bond acceptors (Lipinski definition) is 2. The third-order valence-electron chi connectivity index (χ3n) is 5.05. The van der Waals surface area contributed by atoms with E-state index in [9.17, 15) is 0 Å². The molecule has 0 amide bonds. The maximum Gasteiger partial charge on any atom is 0.191 e. The molecule has 1 saturated heterocycles. The first-order valence-corrected chi connectivity index (χ1v) is 8.95. The minimum absolute atomic E-state index is 0. The Morgan fingerprint density at radius 3 is 2.50 bits per heavy atom. The number of halogens is 1. The van der Waals surface area contributed by atoms with Gasteiger partial charge in [-0.1, -0.05) is 31.2 Å². The summed E-state index contributed by atoms with van der Waals surface area (Å²) in [5.74, 6) is 1.50.